The van der Waals surface area contributed by atoms with Crippen molar-refractivity contribution in [3.05, 3.63) is 0 Å². The van der Waals surface area contributed by atoms with Gasteiger partial charge in [-0.05, 0) is 25.7 Å². The van der Waals surface area contributed by atoms with Gasteiger partial charge in [-0.3, -0.25) is 9.59 Å². The molecule has 0 spiro atoms. The average Bonchev–Trinajstić information content (AvgIpc) is 2.36. The summed E-state index contributed by atoms with van der Waals surface area (Å²) in [5.74, 6) is 0.184. The van der Waals surface area contributed by atoms with Crippen LogP contribution in [0.2, 0.25) is 0 Å². The zero-order chi connectivity index (χ0) is 13.1. The van der Waals surface area contributed by atoms with E-state index in [0.717, 1.165) is 38.6 Å². The lowest BCUT2D eigenvalue weighted by atomic mass is 9.98. The lowest BCUT2D eigenvalue weighted by molar-refractivity contribution is -0.157. The molecule has 2 aliphatic heterocycles. The Hall–Kier alpha value is -1.10. The van der Waals surface area contributed by atoms with Gasteiger partial charge in [-0.2, -0.15) is 0 Å². The first kappa shape index (κ1) is 13.3. The molecule has 2 fully saturated rings. The van der Waals surface area contributed by atoms with Gasteiger partial charge in [0.05, 0.1) is 6.54 Å². The van der Waals surface area contributed by atoms with E-state index >= 15 is 0 Å². The van der Waals surface area contributed by atoms with E-state index < -0.39 is 0 Å². The average molecular weight is 253 g/mol. The Morgan fingerprint density at radius 2 is 2.17 bits per heavy atom. The van der Waals surface area contributed by atoms with Gasteiger partial charge in [-0.1, -0.05) is 13.3 Å². The maximum Gasteiger partial charge on any atom is 0.245 e. The molecule has 2 saturated heterocycles. The van der Waals surface area contributed by atoms with Crippen LogP contribution in [-0.2, 0) is 9.59 Å². The van der Waals surface area contributed by atoms with Gasteiger partial charge in [0.1, 0.15) is 6.04 Å². The molecule has 2 unspecified atom stereocenters. The molecule has 102 valence electrons. The number of carbonyl (C=O) groups is 2. The van der Waals surface area contributed by atoms with E-state index in [1.54, 1.807) is 9.80 Å². The molecule has 2 atom stereocenters. The summed E-state index contributed by atoms with van der Waals surface area (Å²) in [5, 5.41) is 0. The van der Waals surface area contributed by atoms with Gasteiger partial charge in [-0.15, -0.1) is 0 Å². The molecule has 0 saturated carbocycles. The molecule has 2 N–H and O–H groups in total. The van der Waals surface area contributed by atoms with Crippen LogP contribution in [-0.4, -0.2) is 53.3 Å². The van der Waals surface area contributed by atoms with E-state index in [9.17, 15) is 9.59 Å². The first-order valence-electron chi connectivity index (χ1n) is 6.97. The summed E-state index contributed by atoms with van der Waals surface area (Å²) in [6, 6.07) is -0.226. The first-order valence-corrected chi connectivity index (χ1v) is 6.97. The van der Waals surface area contributed by atoms with Crippen LogP contribution in [0.4, 0.5) is 0 Å². The zero-order valence-electron chi connectivity index (χ0n) is 11.1. The van der Waals surface area contributed by atoms with E-state index in [2.05, 4.69) is 6.92 Å². The normalized spacial score (nSPS) is 26.2. The minimum atomic E-state index is -0.214. The van der Waals surface area contributed by atoms with Crippen LogP contribution < -0.4 is 5.73 Å². The van der Waals surface area contributed by atoms with Gasteiger partial charge < -0.3 is 15.5 Å². The maximum absolute atomic E-state index is 12.3. The van der Waals surface area contributed by atoms with Gasteiger partial charge >= 0.3 is 0 Å². The van der Waals surface area contributed by atoms with Gasteiger partial charge in [0, 0.05) is 19.1 Å². The van der Waals surface area contributed by atoms with Crippen molar-refractivity contribution in [1.29, 1.82) is 0 Å². The number of carbonyl (C=O) groups excluding carboxylic acids is 2. The van der Waals surface area contributed by atoms with Crippen LogP contribution >= 0.6 is 0 Å². The largest absolute Gasteiger partial charge is 0.330 e. The van der Waals surface area contributed by atoms with Crippen molar-refractivity contribution in [2.75, 3.05) is 19.6 Å². The number of nitrogens with two attached hydrogens (primary N) is 1. The smallest absolute Gasteiger partial charge is 0.245 e. The standard InChI is InChI=1S/C13H23N3O2/c1-2-5-10(14)8-15-9-12(17)16-7-4-3-6-11(16)13(15)18/h10-11H,2-9,14H2,1H3. The summed E-state index contributed by atoms with van der Waals surface area (Å²) >= 11 is 0. The molecule has 2 heterocycles. The van der Waals surface area contributed by atoms with Crippen molar-refractivity contribution in [1.82, 2.24) is 9.80 Å². The van der Waals surface area contributed by atoms with Crippen LogP contribution in [0, 0.1) is 0 Å². The highest BCUT2D eigenvalue weighted by atomic mass is 16.2. The van der Waals surface area contributed by atoms with Crippen molar-refractivity contribution in [2.45, 2.75) is 51.1 Å². The highest BCUT2D eigenvalue weighted by molar-refractivity contribution is 5.95. The molecule has 0 aromatic rings. The van der Waals surface area contributed by atoms with E-state index in [0.29, 0.717) is 6.54 Å². The number of piperazine rings is 1. The number of hydrogen-bond donors (Lipinski definition) is 1. The SMILES string of the molecule is CCCC(N)CN1CC(=O)N2CCCCC2C1=O. The summed E-state index contributed by atoms with van der Waals surface area (Å²) in [7, 11) is 0. The predicted molar refractivity (Wildman–Crippen MR) is 68.8 cm³/mol. The van der Waals surface area contributed by atoms with Gasteiger partial charge in [-0.25, -0.2) is 0 Å². The fraction of sp³-hybridized carbons (Fsp3) is 0.846. The maximum atomic E-state index is 12.3. The molecule has 0 aromatic carbocycles. The second kappa shape index (κ2) is 5.69. The van der Waals surface area contributed by atoms with Crippen LogP contribution in [0.25, 0.3) is 0 Å². The van der Waals surface area contributed by atoms with Crippen molar-refractivity contribution < 1.29 is 9.59 Å². The Kier molecular flexibility index (Phi) is 4.22. The number of fused-ring (bicyclic) bond motifs is 1. The molecular formula is C13H23N3O2. The summed E-state index contributed by atoms with van der Waals surface area (Å²) in [4.78, 5) is 27.8. The third kappa shape index (κ3) is 2.66. The quantitative estimate of drug-likeness (QED) is 0.785. The molecule has 2 aliphatic rings. The lowest BCUT2D eigenvalue weighted by Crippen LogP contribution is -2.62. The molecule has 0 bridgehead atoms. The van der Waals surface area contributed by atoms with Gasteiger partial charge in [0.25, 0.3) is 0 Å². The topological polar surface area (TPSA) is 66.6 Å². The third-order valence-electron chi connectivity index (χ3n) is 3.86. The summed E-state index contributed by atoms with van der Waals surface area (Å²) in [6.07, 6.45) is 4.77. The molecule has 18 heavy (non-hydrogen) atoms. The van der Waals surface area contributed by atoms with Crippen molar-refractivity contribution in [2.24, 2.45) is 5.73 Å². The summed E-state index contributed by atoms with van der Waals surface area (Å²) in [6.45, 7) is 3.55. The van der Waals surface area contributed by atoms with Gasteiger partial charge in [0.2, 0.25) is 11.8 Å². The van der Waals surface area contributed by atoms with Crippen molar-refractivity contribution >= 4 is 11.8 Å². The Labute approximate surface area is 108 Å². The fourth-order valence-electron chi connectivity index (χ4n) is 2.93. The molecule has 0 radical (unpaired) electrons. The van der Waals surface area contributed by atoms with E-state index in [4.69, 9.17) is 5.73 Å². The number of rotatable bonds is 4. The summed E-state index contributed by atoms with van der Waals surface area (Å²) < 4.78 is 0. The van der Waals surface area contributed by atoms with E-state index in [1.807, 2.05) is 0 Å². The summed E-state index contributed by atoms with van der Waals surface area (Å²) in [5.41, 5.74) is 5.97. The number of nitrogens with zero attached hydrogens (tertiary/aromatic N) is 2. The second-order valence-electron chi connectivity index (χ2n) is 5.37. The molecule has 0 aromatic heterocycles. The van der Waals surface area contributed by atoms with Crippen LogP contribution in [0.15, 0.2) is 0 Å². The first-order chi connectivity index (χ1) is 8.63. The van der Waals surface area contributed by atoms with Crippen LogP contribution in [0.3, 0.4) is 0 Å². The Bertz CT molecular complexity index is 332. The van der Waals surface area contributed by atoms with Crippen molar-refractivity contribution in [3.8, 4) is 0 Å². The predicted octanol–water partition coefficient (Wildman–Crippen LogP) is 0.337. The molecule has 5 nitrogen and oxygen atoms in total. The second-order valence-corrected chi connectivity index (χ2v) is 5.37. The third-order valence-corrected chi connectivity index (χ3v) is 3.86. The fourth-order valence-corrected chi connectivity index (χ4v) is 2.93. The Morgan fingerprint density at radius 3 is 2.89 bits per heavy atom. The molecule has 5 heteroatoms. The van der Waals surface area contributed by atoms with Crippen LogP contribution in [0.1, 0.15) is 39.0 Å². The number of hydrogen-bond acceptors (Lipinski definition) is 3. The number of amides is 2. The van der Waals surface area contributed by atoms with Crippen molar-refractivity contribution in [3.63, 3.8) is 0 Å². The van der Waals surface area contributed by atoms with Crippen LogP contribution in [0.5, 0.6) is 0 Å². The minimum Gasteiger partial charge on any atom is -0.330 e. The highest BCUT2D eigenvalue weighted by Gasteiger charge is 2.40. The zero-order valence-corrected chi connectivity index (χ0v) is 11.1. The lowest BCUT2D eigenvalue weighted by Gasteiger charge is -2.43. The minimum absolute atomic E-state index is 0.0121. The van der Waals surface area contributed by atoms with E-state index in [1.165, 1.54) is 0 Å². The van der Waals surface area contributed by atoms with Gasteiger partial charge in [0.15, 0.2) is 0 Å². The number of piperidine rings is 1. The molecule has 2 rings (SSSR count). The highest BCUT2D eigenvalue weighted by Crippen LogP contribution is 2.23. The Morgan fingerprint density at radius 1 is 1.39 bits per heavy atom. The Balaban J connectivity index is 2.00. The molecule has 0 aliphatic carbocycles. The monoisotopic (exact) mass is 253 g/mol. The van der Waals surface area contributed by atoms with E-state index in [-0.39, 0.29) is 30.4 Å². The molecular weight excluding hydrogens is 230 g/mol. The molecule has 2 amide bonds.